The number of anilines is 2. The Labute approximate surface area is 169 Å². The summed E-state index contributed by atoms with van der Waals surface area (Å²) < 4.78 is 5.29. The van der Waals surface area contributed by atoms with E-state index in [0.717, 1.165) is 35.5 Å². The Kier molecular flexibility index (Phi) is 5.01. The monoisotopic (exact) mass is 392 g/mol. The van der Waals surface area contributed by atoms with Crippen molar-refractivity contribution in [3.8, 4) is 11.5 Å². The van der Waals surface area contributed by atoms with Gasteiger partial charge in [0.1, 0.15) is 0 Å². The fourth-order valence-corrected chi connectivity index (χ4v) is 4.16. The lowest BCUT2D eigenvalue weighted by Gasteiger charge is -2.34. The third kappa shape index (κ3) is 3.24. The predicted molar refractivity (Wildman–Crippen MR) is 111 cm³/mol. The van der Waals surface area contributed by atoms with Crippen LogP contribution in [0, 0.1) is 0 Å². The van der Waals surface area contributed by atoms with E-state index in [0.29, 0.717) is 24.2 Å². The van der Waals surface area contributed by atoms with Crippen LogP contribution < -0.4 is 15.0 Å². The van der Waals surface area contributed by atoms with Crippen LogP contribution in [0.1, 0.15) is 44.2 Å². The Balaban J connectivity index is 2.00. The average Bonchev–Trinajstić information content (AvgIpc) is 2.88. The molecule has 0 spiro atoms. The van der Waals surface area contributed by atoms with Crippen molar-refractivity contribution in [1.82, 2.24) is 0 Å². The molecule has 4 rings (SSSR count). The smallest absolute Gasteiger partial charge is 0.227 e. The normalized spacial score (nSPS) is 18.5. The van der Waals surface area contributed by atoms with E-state index in [4.69, 9.17) is 4.74 Å². The van der Waals surface area contributed by atoms with Crippen molar-refractivity contribution in [3.63, 3.8) is 0 Å². The molecule has 0 bridgehead atoms. The molecule has 1 aliphatic heterocycles. The lowest BCUT2D eigenvalue weighted by molar-refractivity contribution is -0.118. The van der Waals surface area contributed by atoms with Gasteiger partial charge in [-0.25, -0.2) is 0 Å². The van der Waals surface area contributed by atoms with E-state index in [2.05, 4.69) is 5.32 Å². The number of phenols is 1. The summed E-state index contributed by atoms with van der Waals surface area (Å²) in [6.07, 6.45) is 2.28. The van der Waals surface area contributed by atoms with Gasteiger partial charge in [-0.1, -0.05) is 25.1 Å². The van der Waals surface area contributed by atoms with Crippen LogP contribution in [0.3, 0.4) is 0 Å². The van der Waals surface area contributed by atoms with Crippen LogP contribution in [0.15, 0.2) is 53.7 Å². The molecule has 2 aromatic rings. The third-order valence-electron chi connectivity index (χ3n) is 5.53. The van der Waals surface area contributed by atoms with E-state index in [1.54, 1.807) is 23.1 Å². The fraction of sp³-hybridized carbons (Fsp3) is 0.304. The van der Waals surface area contributed by atoms with Crippen molar-refractivity contribution in [3.05, 3.63) is 59.3 Å². The van der Waals surface area contributed by atoms with Gasteiger partial charge in [-0.15, -0.1) is 0 Å². The molecule has 2 N–H and O–H groups in total. The first-order valence-corrected chi connectivity index (χ1v) is 9.86. The predicted octanol–water partition coefficient (Wildman–Crippen LogP) is 4.32. The summed E-state index contributed by atoms with van der Waals surface area (Å²) in [4.78, 5) is 27.9. The number of hydrogen-bond acceptors (Lipinski definition) is 5. The summed E-state index contributed by atoms with van der Waals surface area (Å²) in [5.41, 5.74) is 3.74. The van der Waals surface area contributed by atoms with Crippen molar-refractivity contribution in [2.24, 2.45) is 0 Å². The molecule has 29 heavy (non-hydrogen) atoms. The zero-order valence-electron chi connectivity index (χ0n) is 16.6. The Morgan fingerprint density at radius 2 is 2.03 bits per heavy atom. The van der Waals surface area contributed by atoms with Gasteiger partial charge >= 0.3 is 0 Å². The van der Waals surface area contributed by atoms with E-state index in [9.17, 15) is 14.7 Å². The standard InChI is InChI=1S/C23H24N2O4/c1-3-21(28)25-17-9-5-4-7-15(17)24-16-8-6-10-19(27)22(16)23(25)14-11-12-18(26)20(13-14)29-2/h4-5,7,9,11-13,23-24,26H,3,6,8,10H2,1-2H3. The molecule has 2 aliphatic rings. The van der Waals surface area contributed by atoms with Crippen LogP contribution in [-0.2, 0) is 9.59 Å². The molecule has 1 aliphatic carbocycles. The van der Waals surface area contributed by atoms with E-state index < -0.39 is 6.04 Å². The summed E-state index contributed by atoms with van der Waals surface area (Å²) in [5.74, 6) is 0.282. The molecule has 0 saturated carbocycles. The molecule has 0 saturated heterocycles. The summed E-state index contributed by atoms with van der Waals surface area (Å²) in [6.45, 7) is 1.82. The van der Waals surface area contributed by atoms with Gasteiger partial charge in [0, 0.05) is 24.1 Å². The SMILES string of the molecule is CCC(=O)N1c2ccccc2NC2=C(C(=O)CCC2)C1c1ccc(O)c(OC)c1. The Morgan fingerprint density at radius 1 is 1.24 bits per heavy atom. The minimum Gasteiger partial charge on any atom is -0.504 e. The number of amides is 1. The second kappa shape index (κ2) is 7.62. The van der Waals surface area contributed by atoms with Gasteiger partial charge in [-0.05, 0) is 42.7 Å². The molecule has 1 atom stereocenters. The first kappa shape index (κ1) is 19.1. The Bertz CT molecular complexity index is 1010. The Hall–Kier alpha value is -3.28. The number of allylic oxidation sites excluding steroid dienone is 1. The number of Topliss-reactive ketones (excluding diaryl/α,β-unsaturated/α-hetero) is 1. The van der Waals surface area contributed by atoms with E-state index >= 15 is 0 Å². The van der Waals surface area contributed by atoms with E-state index in [1.165, 1.54) is 7.11 Å². The number of nitrogens with zero attached hydrogens (tertiary/aromatic N) is 1. The molecule has 150 valence electrons. The average molecular weight is 392 g/mol. The number of phenolic OH excluding ortho intramolecular Hbond substituents is 1. The minimum atomic E-state index is -0.587. The van der Waals surface area contributed by atoms with Crippen molar-refractivity contribution >= 4 is 23.1 Å². The topological polar surface area (TPSA) is 78.9 Å². The number of methoxy groups -OCH3 is 1. The molecule has 1 heterocycles. The minimum absolute atomic E-state index is 0.0148. The van der Waals surface area contributed by atoms with Crippen LogP contribution in [0.25, 0.3) is 0 Å². The number of ketones is 1. The number of nitrogens with one attached hydrogen (secondary N) is 1. The highest BCUT2D eigenvalue weighted by Gasteiger charge is 2.39. The van der Waals surface area contributed by atoms with Crippen LogP contribution >= 0.6 is 0 Å². The third-order valence-corrected chi connectivity index (χ3v) is 5.53. The van der Waals surface area contributed by atoms with Crippen LogP contribution in [0.5, 0.6) is 11.5 Å². The molecule has 0 aromatic heterocycles. The van der Waals surface area contributed by atoms with Crippen molar-refractivity contribution in [1.29, 1.82) is 0 Å². The molecule has 6 nitrogen and oxygen atoms in total. The van der Waals surface area contributed by atoms with Gasteiger partial charge in [-0.3, -0.25) is 14.5 Å². The zero-order valence-corrected chi connectivity index (χ0v) is 16.6. The molecular formula is C23H24N2O4. The fourth-order valence-electron chi connectivity index (χ4n) is 4.16. The van der Waals surface area contributed by atoms with Gasteiger partial charge in [0.25, 0.3) is 0 Å². The molecular weight excluding hydrogens is 368 g/mol. The number of aromatic hydroxyl groups is 1. The molecule has 2 aromatic carbocycles. The molecule has 6 heteroatoms. The lowest BCUT2D eigenvalue weighted by atomic mass is 9.85. The van der Waals surface area contributed by atoms with Gasteiger partial charge in [0.2, 0.25) is 5.91 Å². The quantitative estimate of drug-likeness (QED) is 0.813. The maximum absolute atomic E-state index is 13.2. The number of benzene rings is 2. The highest BCUT2D eigenvalue weighted by Crippen LogP contribution is 2.46. The molecule has 0 radical (unpaired) electrons. The summed E-state index contributed by atoms with van der Waals surface area (Å²) in [7, 11) is 1.48. The number of ether oxygens (including phenoxy) is 1. The lowest BCUT2D eigenvalue weighted by Crippen LogP contribution is -2.37. The van der Waals surface area contributed by atoms with Crippen LogP contribution in [0.4, 0.5) is 11.4 Å². The van der Waals surface area contributed by atoms with Gasteiger partial charge in [-0.2, -0.15) is 0 Å². The highest BCUT2D eigenvalue weighted by molar-refractivity contribution is 6.06. The first-order valence-electron chi connectivity index (χ1n) is 9.86. The number of hydrogen-bond donors (Lipinski definition) is 2. The highest BCUT2D eigenvalue weighted by atomic mass is 16.5. The maximum Gasteiger partial charge on any atom is 0.227 e. The van der Waals surface area contributed by atoms with Gasteiger partial charge in [0.05, 0.1) is 24.5 Å². The number of fused-ring (bicyclic) bond motifs is 1. The molecule has 0 fully saturated rings. The molecule has 1 unspecified atom stereocenters. The van der Waals surface area contributed by atoms with Crippen molar-refractivity contribution in [2.45, 2.75) is 38.6 Å². The number of para-hydroxylation sites is 2. The largest absolute Gasteiger partial charge is 0.504 e. The Morgan fingerprint density at radius 3 is 2.79 bits per heavy atom. The first-order chi connectivity index (χ1) is 14.0. The van der Waals surface area contributed by atoms with E-state index in [-0.39, 0.29) is 17.4 Å². The number of rotatable bonds is 3. The van der Waals surface area contributed by atoms with Crippen LogP contribution in [0.2, 0.25) is 0 Å². The zero-order chi connectivity index (χ0) is 20.5. The second-order valence-corrected chi connectivity index (χ2v) is 7.26. The van der Waals surface area contributed by atoms with Crippen LogP contribution in [-0.4, -0.2) is 23.9 Å². The van der Waals surface area contributed by atoms with Gasteiger partial charge < -0.3 is 15.2 Å². The van der Waals surface area contributed by atoms with Gasteiger partial charge in [0.15, 0.2) is 17.3 Å². The number of carbonyl (C=O) groups is 2. The summed E-state index contributed by atoms with van der Waals surface area (Å²) >= 11 is 0. The summed E-state index contributed by atoms with van der Waals surface area (Å²) in [6, 6.07) is 12.0. The maximum atomic E-state index is 13.2. The molecule has 1 amide bonds. The summed E-state index contributed by atoms with van der Waals surface area (Å²) in [5, 5.41) is 13.5. The van der Waals surface area contributed by atoms with Crippen molar-refractivity contribution in [2.75, 3.05) is 17.3 Å². The second-order valence-electron chi connectivity index (χ2n) is 7.26. The van der Waals surface area contributed by atoms with E-state index in [1.807, 2.05) is 31.2 Å². The van der Waals surface area contributed by atoms with Crippen molar-refractivity contribution < 1.29 is 19.4 Å². The number of carbonyl (C=O) groups excluding carboxylic acids is 2.